The van der Waals surface area contributed by atoms with Crippen molar-refractivity contribution >= 4 is 44.8 Å². The first-order chi connectivity index (χ1) is 25.1. The van der Waals surface area contributed by atoms with Crippen molar-refractivity contribution < 1.29 is 20.1 Å². The number of aromatic nitrogens is 2. The predicted molar refractivity (Wildman–Crippen MR) is 227 cm³/mol. The Hall–Kier alpha value is -4.51. The van der Waals surface area contributed by atoms with Crippen LogP contribution in [0.4, 0.5) is 0 Å². The summed E-state index contributed by atoms with van der Waals surface area (Å²) in [6, 6.07) is 49.2. The molecule has 8 aromatic rings. The Kier molecular flexibility index (Phi) is 11.7. The minimum Gasteiger partial charge on any atom is -0.305 e. The van der Waals surface area contributed by atoms with E-state index in [9.17, 15) is 0 Å². The van der Waals surface area contributed by atoms with Crippen LogP contribution in [0.3, 0.4) is 0 Å². The number of nitrogens with zero attached hydrogens (tertiary/aromatic N) is 2. The normalized spacial score (nSPS) is 11.3. The van der Waals surface area contributed by atoms with E-state index < -0.39 is 8.07 Å². The van der Waals surface area contributed by atoms with E-state index in [1.165, 1.54) is 64.3 Å². The molecule has 8 rings (SSSR count). The minimum atomic E-state index is -1.34. The Morgan fingerprint density at radius 3 is 1.91 bits per heavy atom. The van der Waals surface area contributed by atoms with Gasteiger partial charge in [-0.1, -0.05) is 129 Å². The van der Waals surface area contributed by atoms with Crippen LogP contribution in [0.15, 0.2) is 134 Å². The van der Waals surface area contributed by atoms with Crippen LogP contribution in [0.5, 0.6) is 0 Å². The SMILES string of the molecule is CC(C)c1cc(-c2[c-]cccc2)ncc1[Si](C)(C)C.Cc1cc(-c2[c-]cc3sc4c(-c5ccccc5)ccc(C)c4c3c2)ncc1-c1ccccc1.[Ir]. The van der Waals surface area contributed by atoms with Gasteiger partial charge in [0, 0.05) is 42.8 Å². The number of hydrogen-bond donors (Lipinski definition) is 0. The average molecular weight is 901 g/mol. The molecule has 0 aliphatic rings. The molecule has 53 heavy (non-hydrogen) atoms. The van der Waals surface area contributed by atoms with Gasteiger partial charge in [-0.2, -0.15) is 11.3 Å². The van der Waals surface area contributed by atoms with Crippen molar-refractivity contribution in [3.8, 4) is 44.8 Å². The fraction of sp³-hybridized carbons (Fsp3) is 0.167. The van der Waals surface area contributed by atoms with E-state index in [1.807, 2.05) is 41.8 Å². The minimum absolute atomic E-state index is 0. The van der Waals surface area contributed by atoms with Gasteiger partial charge in [0.1, 0.15) is 0 Å². The molecule has 2 nitrogen and oxygen atoms in total. The molecule has 3 aromatic heterocycles. The first-order valence-electron chi connectivity index (χ1n) is 18.0. The van der Waals surface area contributed by atoms with Gasteiger partial charge in [0.2, 0.25) is 0 Å². The molecule has 0 aliphatic heterocycles. The van der Waals surface area contributed by atoms with Gasteiger partial charge in [0.05, 0.1) is 8.07 Å². The van der Waals surface area contributed by atoms with E-state index in [0.717, 1.165) is 22.5 Å². The van der Waals surface area contributed by atoms with Crippen molar-refractivity contribution in [3.05, 3.63) is 163 Å². The van der Waals surface area contributed by atoms with Crippen LogP contribution < -0.4 is 5.19 Å². The maximum atomic E-state index is 4.82. The Bertz CT molecular complexity index is 2480. The van der Waals surface area contributed by atoms with Crippen LogP contribution in [-0.2, 0) is 20.1 Å². The van der Waals surface area contributed by atoms with Crippen LogP contribution in [-0.4, -0.2) is 18.0 Å². The van der Waals surface area contributed by atoms with Gasteiger partial charge in [0.25, 0.3) is 0 Å². The van der Waals surface area contributed by atoms with E-state index in [2.05, 4.69) is 168 Å². The summed E-state index contributed by atoms with van der Waals surface area (Å²) in [5.74, 6) is 0.534. The Labute approximate surface area is 333 Å². The molecule has 0 saturated carbocycles. The van der Waals surface area contributed by atoms with Gasteiger partial charge >= 0.3 is 0 Å². The second-order valence-corrected chi connectivity index (χ2v) is 20.9. The van der Waals surface area contributed by atoms with Crippen molar-refractivity contribution in [3.63, 3.8) is 0 Å². The molecular formula is C48H44IrN2SSi-2. The molecule has 0 N–H and O–H groups in total. The third-order valence-electron chi connectivity index (χ3n) is 9.67. The van der Waals surface area contributed by atoms with E-state index in [0.29, 0.717) is 5.92 Å². The summed E-state index contributed by atoms with van der Waals surface area (Å²) in [7, 11) is -1.34. The summed E-state index contributed by atoms with van der Waals surface area (Å²) < 4.78 is 2.60. The fourth-order valence-corrected chi connectivity index (χ4v) is 9.84. The summed E-state index contributed by atoms with van der Waals surface area (Å²) in [4.78, 5) is 9.48. The topological polar surface area (TPSA) is 25.8 Å². The average Bonchev–Trinajstić information content (AvgIpc) is 3.55. The first kappa shape index (κ1) is 38.2. The number of aryl methyl sites for hydroxylation is 2. The summed E-state index contributed by atoms with van der Waals surface area (Å²) >= 11 is 1.85. The zero-order valence-corrected chi connectivity index (χ0v) is 35.6. The van der Waals surface area contributed by atoms with E-state index in [4.69, 9.17) is 4.98 Å². The third-order valence-corrected chi connectivity index (χ3v) is 12.9. The van der Waals surface area contributed by atoms with Crippen LogP contribution in [0.25, 0.3) is 64.9 Å². The number of benzene rings is 5. The zero-order valence-electron chi connectivity index (χ0n) is 31.4. The molecule has 0 fully saturated rings. The Morgan fingerprint density at radius 1 is 0.642 bits per heavy atom. The van der Waals surface area contributed by atoms with Crippen molar-refractivity contribution in [2.45, 2.75) is 53.3 Å². The molecule has 1 radical (unpaired) electrons. The molecule has 267 valence electrons. The predicted octanol–water partition coefficient (Wildman–Crippen LogP) is 13.1. The molecule has 0 atom stereocenters. The maximum Gasteiger partial charge on any atom is 0.0799 e. The molecule has 0 unspecified atom stereocenters. The van der Waals surface area contributed by atoms with E-state index >= 15 is 0 Å². The van der Waals surface area contributed by atoms with Gasteiger partial charge < -0.3 is 9.97 Å². The zero-order chi connectivity index (χ0) is 36.4. The van der Waals surface area contributed by atoms with Gasteiger partial charge in [-0.05, 0) is 74.2 Å². The first-order valence-corrected chi connectivity index (χ1v) is 22.3. The maximum absolute atomic E-state index is 4.82. The van der Waals surface area contributed by atoms with Crippen molar-refractivity contribution in [1.82, 2.24) is 9.97 Å². The largest absolute Gasteiger partial charge is 0.305 e. The van der Waals surface area contributed by atoms with Crippen LogP contribution in [0, 0.1) is 26.0 Å². The van der Waals surface area contributed by atoms with Crippen LogP contribution in [0.1, 0.15) is 36.5 Å². The van der Waals surface area contributed by atoms with Crippen molar-refractivity contribution in [2.75, 3.05) is 0 Å². The summed E-state index contributed by atoms with van der Waals surface area (Å²) in [5.41, 5.74) is 13.0. The molecular weight excluding hydrogens is 857 g/mol. The monoisotopic (exact) mass is 901 g/mol. The number of pyridine rings is 2. The van der Waals surface area contributed by atoms with Crippen LogP contribution >= 0.6 is 11.3 Å². The fourth-order valence-electron chi connectivity index (χ4n) is 6.88. The third kappa shape index (κ3) is 8.20. The molecule has 3 heterocycles. The Morgan fingerprint density at radius 2 is 1.28 bits per heavy atom. The summed E-state index contributed by atoms with van der Waals surface area (Å²) in [6.45, 7) is 16.0. The standard InChI is InChI=1S/C31H22NS.C17H22NSi.Ir/c1-20-13-15-25(22-9-5-3-6-10-22)31-30(20)26-18-24(14-16-29(26)33-31)28-17-21(2)27(19-32-28)23-11-7-4-8-12-23;1-13(2)15-11-16(14-9-7-6-8-10-14)18-12-17(15)19(3,4)5;/h3-13,15-19H,1-2H3;6-9,11-13H,1-5H3;/q2*-1;. The molecule has 0 spiro atoms. The van der Waals surface area contributed by atoms with Crippen molar-refractivity contribution in [1.29, 1.82) is 0 Å². The molecule has 5 heteroatoms. The summed E-state index contributed by atoms with van der Waals surface area (Å²) in [6.07, 6.45) is 4.08. The Balaban J connectivity index is 0.000000206. The van der Waals surface area contributed by atoms with Gasteiger partial charge in [0.15, 0.2) is 0 Å². The molecule has 0 amide bonds. The summed E-state index contributed by atoms with van der Waals surface area (Å²) in [5, 5.41) is 4.09. The van der Waals surface area contributed by atoms with Gasteiger partial charge in [-0.25, -0.2) is 0 Å². The molecule has 0 bridgehead atoms. The van der Waals surface area contributed by atoms with E-state index in [-0.39, 0.29) is 20.1 Å². The number of rotatable bonds is 6. The van der Waals surface area contributed by atoms with Crippen LogP contribution in [0.2, 0.25) is 19.6 Å². The molecule has 0 aliphatic carbocycles. The molecule has 0 saturated heterocycles. The molecule has 5 aromatic carbocycles. The second kappa shape index (κ2) is 16.2. The van der Waals surface area contributed by atoms with Crippen molar-refractivity contribution in [2.24, 2.45) is 0 Å². The quantitative estimate of drug-likeness (QED) is 0.123. The number of thiophene rings is 1. The van der Waals surface area contributed by atoms with Gasteiger partial charge in [-0.3, -0.25) is 0 Å². The van der Waals surface area contributed by atoms with E-state index in [1.54, 1.807) is 0 Å². The van der Waals surface area contributed by atoms with Gasteiger partial charge in [-0.15, -0.1) is 59.7 Å². The second-order valence-electron chi connectivity index (χ2n) is 14.8. The smallest absolute Gasteiger partial charge is 0.0799 e. The number of hydrogen-bond acceptors (Lipinski definition) is 3. The number of fused-ring (bicyclic) bond motifs is 3.